The first kappa shape index (κ1) is 14.7. The number of carboxylic acids is 1. The molecule has 0 spiro atoms. The number of anilines is 2. The van der Waals surface area contributed by atoms with Crippen molar-refractivity contribution >= 4 is 23.4 Å². The van der Waals surface area contributed by atoms with Gasteiger partial charge < -0.3 is 14.7 Å². The Bertz CT molecular complexity index is 850. The van der Waals surface area contributed by atoms with Gasteiger partial charge in [-0.3, -0.25) is 0 Å². The van der Waals surface area contributed by atoms with Crippen LogP contribution in [0.25, 0.3) is 6.08 Å². The van der Waals surface area contributed by atoms with Gasteiger partial charge in [-0.1, -0.05) is 18.2 Å². The van der Waals surface area contributed by atoms with Gasteiger partial charge in [0, 0.05) is 6.54 Å². The maximum atomic E-state index is 11.0. The number of nitrogens with zero attached hydrogens (tertiary/aromatic N) is 2. The molecule has 1 heterocycles. The average molecular weight is 306 g/mol. The fourth-order valence-electron chi connectivity index (χ4n) is 2.59. The van der Waals surface area contributed by atoms with Gasteiger partial charge in [0.25, 0.3) is 0 Å². The minimum absolute atomic E-state index is 0.312. The fourth-order valence-corrected chi connectivity index (χ4v) is 2.59. The second kappa shape index (κ2) is 5.85. The van der Waals surface area contributed by atoms with Crippen molar-refractivity contribution in [2.45, 2.75) is 6.92 Å². The summed E-state index contributed by atoms with van der Waals surface area (Å²) in [5.74, 6) is 0.148. The van der Waals surface area contributed by atoms with E-state index >= 15 is 0 Å². The molecule has 1 aliphatic rings. The van der Waals surface area contributed by atoms with Gasteiger partial charge in [-0.15, -0.1) is 0 Å². The van der Waals surface area contributed by atoms with Crippen molar-refractivity contribution < 1.29 is 14.6 Å². The predicted molar refractivity (Wildman–Crippen MR) is 86.9 cm³/mol. The SMILES string of the molecule is CCN1c2ccccc2Oc2cc(/C=C(\C#N)C(=O)O)ccc21. The monoisotopic (exact) mass is 306 g/mol. The molecule has 0 atom stereocenters. The van der Waals surface area contributed by atoms with E-state index in [1.54, 1.807) is 18.2 Å². The van der Waals surface area contributed by atoms with Gasteiger partial charge in [-0.25, -0.2) is 4.79 Å². The van der Waals surface area contributed by atoms with E-state index in [2.05, 4.69) is 11.8 Å². The smallest absolute Gasteiger partial charge is 0.346 e. The van der Waals surface area contributed by atoms with E-state index in [0.717, 1.165) is 23.7 Å². The third kappa shape index (κ3) is 2.62. The van der Waals surface area contributed by atoms with Crippen molar-refractivity contribution in [3.05, 3.63) is 53.6 Å². The van der Waals surface area contributed by atoms with Crippen LogP contribution in [0.4, 0.5) is 11.4 Å². The number of rotatable bonds is 3. The number of benzene rings is 2. The largest absolute Gasteiger partial charge is 0.477 e. The summed E-state index contributed by atoms with van der Waals surface area (Å²) in [6.07, 6.45) is 1.34. The highest BCUT2D eigenvalue weighted by Gasteiger charge is 2.23. The van der Waals surface area contributed by atoms with Crippen molar-refractivity contribution in [1.29, 1.82) is 5.26 Å². The molecule has 2 aromatic carbocycles. The highest BCUT2D eigenvalue weighted by atomic mass is 16.5. The van der Waals surface area contributed by atoms with Crippen LogP contribution in [0.5, 0.6) is 11.5 Å². The van der Waals surface area contributed by atoms with Crippen LogP contribution < -0.4 is 9.64 Å². The number of hydrogen-bond acceptors (Lipinski definition) is 4. The lowest BCUT2D eigenvalue weighted by Crippen LogP contribution is -2.20. The van der Waals surface area contributed by atoms with E-state index in [1.807, 2.05) is 30.3 Å². The van der Waals surface area contributed by atoms with Gasteiger partial charge in [-0.2, -0.15) is 5.26 Å². The first-order chi connectivity index (χ1) is 11.1. The Labute approximate surface area is 133 Å². The van der Waals surface area contributed by atoms with Crippen LogP contribution in [0.3, 0.4) is 0 Å². The quantitative estimate of drug-likeness (QED) is 0.686. The molecule has 0 unspecified atom stereocenters. The van der Waals surface area contributed by atoms with Gasteiger partial charge in [0.1, 0.15) is 11.6 Å². The Kier molecular flexibility index (Phi) is 3.73. The first-order valence-electron chi connectivity index (χ1n) is 7.17. The van der Waals surface area contributed by atoms with Gasteiger partial charge in [-0.05, 0) is 42.8 Å². The lowest BCUT2D eigenvalue weighted by molar-refractivity contribution is -0.132. The average Bonchev–Trinajstić information content (AvgIpc) is 2.57. The molecule has 0 saturated carbocycles. The van der Waals surface area contributed by atoms with E-state index in [1.165, 1.54) is 6.08 Å². The summed E-state index contributed by atoms with van der Waals surface area (Å²) in [6.45, 7) is 2.83. The molecule has 0 aromatic heterocycles. The van der Waals surface area contributed by atoms with Crippen LogP contribution in [0.15, 0.2) is 48.0 Å². The topological polar surface area (TPSA) is 73.6 Å². The Morgan fingerprint density at radius 1 is 1.26 bits per heavy atom. The second-order valence-corrected chi connectivity index (χ2v) is 5.02. The van der Waals surface area contributed by atoms with Crippen molar-refractivity contribution in [3.63, 3.8) is 0 Å². The lowest BCUT2D eigenvalue weighted by atomic mass is 10.1. The first-order valence-corrected chi connectivity index (χ1v) is 7.17. The normalized spacial score (nSPS) is 12.7. The molecule has 0 bridgehead atoms. The number of aliphatic carboxylic acids is 1. The van der Waals surface area contributed by atoms with Crippen molar-refractivity contribution in [3.8, 4) is 17.6 Å². The van der Waals surface area contributed by atoms with Crippen LogP contribution in [0.1, 0.15) is 12.5 Å². The summed E-state index contributed by atoms with van der Waals surface area (Å²) in [5.41, 5.74) is 2.21. The highest BCUT2D eigenvalue weighted by Crippen LogP contribution is 2.46. The van der Waals surface area contributed by atoms with Crippen LogP contribution >= 0.6 is 0 Å². The molecule has 0 radical (unpaired) electrons. The molecule has 3 rings (SSSR count). The number of nitriles is 1. The molecule has 0 amide bonds. The van der Waals surface area contributed by atoms with Crippen LogP contribution in [-0.4, -0.2) is 17.6 Å². The van der Waals surface area contributed by atoms with Crippen LogP contribution in [-0.2, 0) is 4.79 Å². The maximum Gasteiger partial charge on any atom is 0.346 e. The molecule has 2 aromatic rings. The molecule has 23 heavy (non-hydrogen) atoms. The van der Waals surface area contributed by atoms with Crippen LogP contribution in [0, 0.1) is 11.3 Å². The van der Waals surface area contributed by atoms with Crippen molar-refractivity contribution in [2.75, 3.05) is 11.4 Å². The third-order valence-electron chi connectivity index (χ3n) is 3.63. The molecular formula is C18H14N2O3. The van der Waals surface area contributed by atoms with E-state index in [9.17, 15) is 4.79 Å². The molecule has 0 saturated heterocycles. The summed E-state index contributed by atoms with van der Waals surface area (Å²) in [5, 5.41) is 17.8. The molecular weight excluding hydrogens is 292 g/mol. The van der Waals surface area contributed by atoms with Gasteiger partial charge >= 0.3 is 5.97 Å². The lowest BCUT2D eigenvalue weighted by Gasteiger charge is -2.32. The molecule has 5 nitrogen and oxygen atoms in total. The minimum Gasteiger partial charge on any atom is -0.477 e. The molecule has 5 heteroatoms. The number of para-hydroxylation sites is 2. The zero-order valence-corrected chi connectivity index (χ0v) is 12.5. The van der Waals surface area contributed by atoms with E-state index < -0.39 is 5.97 Å². The maximum absolute atomic E-state index is 11.0. The number of hydrogen-bond donors (Lipinski definition) is 1. The number of carboxylic acid groups (broad SMARTS) is 1. The number of carbonyl (C=O) groups is 1. The Balaban J connectivity index is 2.06. The van der Waals surface area contributed by atoms with E-state index in [-0.39, 0.29) is 5.57 Å². The zero-order chi connectivity index (χ0) is 16.4. The predicted octanol–water partition coefficient (Wildman–Crippen LogP) is 3.94. The van der Waals surface area contributed by atoms with Crippen molar-refractivity contribution in [2.24, 2.45) is 0 Å². The zero-order valence-electron chi connectivity index (χ0n) is 12.5. The summed E-state index contributed by atoms with van der Waals surface area (Å²) in [6, 6.07) is 14.8. The summed E-state index contributed by atoms with van der Waals surface area (Å²) >= 11 is 0. The molecule has 0 aliphatic carbocycles. The number of fused-ring (bicyclic) bond motifs is 2. The third-order valence-corrected chi connectivity index (χ3v) is 3.63. The highest BCUT2D eigenvalue weighted by molar-refractivity contribution is 5.96. The fraction of sp³-hybridized carbons (Fsp3) is 0.111. The Morgan fingerprint density at radius 2 is 2.00 bits per heavy atom. The van der Waals surface area contributed by atoms with Gasteiger partial charge in [0.05, 0.1) is 11.4 Å². The molecule has 114 valence electrons. The summed E-state index contributed by atoms with van der Waals surface area (Å²) in [7, 11) is 0. The van der Waals surface area contributed by atoms with E-state index in [4.69, 9.17) is 15.1 Å². The standard InChI is InChI=1S/C18H14N2O3/c1-2-20-14-5-3-4-6-16(14)23-17-10-12(7-8-15(17)20)9-13(11-19)18(21)22/h3-10H,2H2,1H3,(H,21,22)/b13-9+. The summed E-state index contributed by atoms with van der Waals surface area (Å²) in [4.78, 5) is 13.1. The molecule has 1 aliphatic heterocycles. The van der Waals surface area contributed by atoms with Gasteiger partial charge in [0.15, 0.2) is 11.5 Å². The van der Waals surface area contributed by atoms with Gasteiger partial charge in [0.2, 0.25) is 0 Å². The minimum atomic E-state index is -1.24. The molecule has 0 fully saturated rings. The van der Waals surface area contributed by atoms with Crippen molar-refractivity contribution in [1.82, 2.24) is 0 Å². The summed E-state index contributed by atoms with van der Waals surface area (Å²) < 4.78 is 5.92. The van der Waals surface area contributed by atoms with E-state index in [0.29, 0.717) is 11.3 Å². The van der Waals surface area contributed by atoms with Crippen LogP contribution in [0.2, 0.25) is 0 Å². The Morgan fingerprint density at radius 3 is 2.70 bits per heavy atom. The number of ether oxygens (including phenoxy) is 1. The Hall–Kier alpha value is -3.26. The second-order valence-electron chi connectivity index (χ2n) is 5.02. The molecule has 1 N–H and O–H groups in total.